The van der Waals surface area contributed by atoms with Crippen LogP contribution in [0.4, 0.5) is 11.8 Å². The van der Waals surface area contributed by atoms with E-state index < -0.39 is 0 Å². The molecule has 0 bridgehead atoms. The Labute approximate surface area is 202 Å². The zero-order chi connectivity index (χ0) is 24.4. The summed E-state index contributed by atoms with van der Waals surface area (Å²) in [7, 11) is 0. The number of benzene rings is 1. The van der Waals surface area contributed by atoms with Gasteiger partial charge in [0.2, 0.25) is 5.95 Å². The molecule has 34 heavy (non-hydrogen) atoms. The molecule has 4 N–H and O–H groups in total. The number of nitrogens with one attached hydrogen (secondary N) is 2. The largest absolute Gasteiger partial charge is 0.364 e. The number of hydrogen-bond acceptors (Lipinski definition) is 7. The lowest BCUT2D eigenvalue weighted by Gasteiger charge is -2.32. The molecule has 3 aliphatic rings. The second-order valence-corrected chi connectivity index (χ2v) is 9.99. The SMILES string of the molecule is CC(=O)c1cccc(CNc2nc(NC3CCCCC3N)n(C(C)C)c3c(C(C)C)nnc2-3)c1. The highest BCUT2D eigenvalue weighted by atomic mass is 16.1. The van der Waals surface area contributed by atoms with Crippen molar-refractivity contribution in [1.29, 1.82) is 0 Å². The van der Waals surface area contributed by atoms with Crippen LogP contribution in [0.5, 0.6) is 0 Å². The van der Waals surface area contributed by atoms with Gasteiger partial charge in [0.05, 0.1) is 11.4 Å². The van der Waals surface area contributed by atoms with Gasteiger partial charge in [-0.1, -0.05) is 44.9 Å². The molecule has 1 aromatic carbocycles. The first kappa shape index (κ1) is 24.1. The molecule has 0 spiro atoms. The van der Waals surface area contributed by atoms with Crippen molar-refractivity contribution in [3.05, 3.63) is 41.1 Å². The minimum Gasteiger partial charge on any atom is -0.364 e. The van der Waals surface area contributed by atoms with Crippen LogP contribution in [0, 0.1) is 0 Å². The van der Waals surface area contributed by atoms with Gasteiger partial charge >= 0.3 is 0 Å². The van der Waals surface area contributed by atoms with E-state index >= 15 is 0 Å². The first-order chi connectivity index (χ1) is 16.3. The van der Waals surface area contributed by atoms with Gasteiger partial charge in [0, 0.05) is 30.2 Å². The molecule has 0 aromatic heterocycles. The summed E-state index contributed by atoms with van der Waals surface area (Å²) in [5.41, 5.74) is 10.9. The van der Waals surface area contributed by atoms with Crippen molar-refractivity contribution in [1.82, 2.24) is 19.7 Å². The van der Waals surface area contributed by atoms with E-state index in [9.17, 15) is 4.79 Å². The van der Waals surface area contributed by atoms with Crippen LogP contribution < -0.4 is 16.4 Å². The Balaban J connectivity index is 1.75. The first-order valence-corrected chi connectivity index (χ1v) is 12.4. The molecule has 0 amide bonds. The topological polar surface area (TPSA) is 111 Å². The van der Waals surface area contributed by atoms with Crippen LogP contribution in [0.2, 0.25) is 0 Å². The number of hydrogen-bond donors (Lipinski definition) is 3. The minimum absolute atomic E-state index is 0.0545. The molecule has 0 saturated heterocycles. The average Bonchev–Trinajstić information content (AvgIpc) is 3.24. The first-order valence-electron chi connectivity index (χ1n) is 12.4. The molecule has 1 saturated carbocycles. The predicted molar refractivity (Wildman–Crippen MR) is 137 cm³/mol. The Morgan fingerprint density at radius 3 is 2.62 bits per heavy atom. The smallest absolute Gasteiger partial charge is 0.205 e. The van der Waals surface area contributed by atoms with Crippen molar-refractivity contribution < 1.29 is 4.79 Å². The zero-order valence-corrected chi connectivity index (χ0v) is 20.9. The van der Waals surface area contributed by atoms with Gasteiger partial charge in [-0.2, -0.15) is 10.1 Å². The minimum atomic E-state index is 0.0545. The van der Waals surface area contributed by atoms with Crippen molar-refractivity contribution >= 4 is 17.5 Å². The molecule has 2 aliphatic heterocycles. The highest BCUT2D eigenvalue weighted by Crippen LogP contribution is 2.38. The third kappa shape index (κ3) is 4.92. The van der Waals surface area contributed by atoms with Crippen LogP contribution in [0.1, 0.15) is 93.9 Å². The predicted octanol–water partition coefficient (Wildman–Crippen LogP) is 4.98. The molecule has 1 aromatic rings. The summed E-state index contributed by atoms with van der Waals surface area (Å²) in [4.78, 5) is 16.8. The van der Waals surface area contributed by atoms with Gasteiger partial charge < -0.3 is 20.9 Å². The van der Waals surface area contributed by atoms with Crippen molar-refractivity contribution in [3.8, 4) is 11.4 Å². The van der Waals surface area contributed by atoms with Crippen molar-refractivity contribution in [2.45, 2.75) is 90.9 Å². The lowest BCUT2D eigenvalue weighted by Crippen LogP contribution is -2.43. The van der Waals surface area contributed by atoms with E-state index in [1.807, 2.05) is 24.3 Å². The molecule has 1 fully saturated rings. The fraction of sp³-hybridized carbons (Fsp3) is 0.538. The van der Waals surface area contributed by atoms with Crippen molar-refractivity contribution in [2.75, 3.05) is 10.6 Å². The van der Waals surface area contributed by atoms with Crippen molar-refractivity contribution in [3.63, 3.8) is 0 Å². The van der Waals surface area contributed by atoms with Crippen LogP contribution in [0.25, 0.3) is 11.4 Å². The lowest BCUT2D eigenvalue weighted by atomic mass is 9.91. The number of fused-ring (bicyclic) bond motifs is 1. The molecule has 2 atom stereocenters. The fourth-order valence-corrected chi connectivity index (χ4v) is 4.74. The molecule has 2 heterocycles. The fourth-order valence-electron chi connectivity index (χ4n) is 4.74. The monoisotopic (exact) mass is 463 g/mol. The Morgan fingerprint density at radius 1 is 1.18 bits per heavy atom. The summed E-state index contributed by atoms with van der Waals surface area (Å²) in [6.07, 6.45) is 4.41. The summed E-state index contributed by atoms with van der Waals surface area (Å²) in [5, 5.41) is 16.2. The molecular weight excluding hydrogens is 426 g/mol. The molecule has 8 heteroatoms. The van der Waals surface area contributed by atoms with Crippen molar-refractivity contribution in [2.24, 2.45) is 5.73 Å². The van der Waals surface area contributed by atoms with Crippen LogP contribution in [-0.4, -0.2) is 37.6 Å². The van der Waals surface area contributed by atoms with Gasteiger partial charge in [-0.3, -0.25) is 4.79 Å². The standard InChI is InChI=1S/C26H37N7O/c1-15(2)22-24-23(32-31-22)25(28-14-18-9-8-10-19(13-18)17(5)34)30-26(33(24)16(3)4)29-21-12-7-6-11-20(21)27/h8-10,13,15-16,20-21,28H,6-7,11-12,14,27H2,1-5H3,(H,29,30). The van der Waals surface area contributed by atoms with Gasteiger partial charge in [0.15, 0.2) is 17.3 Å². The Kier molecular flexibility index (Phi) is 7.16. The van der Waals surface area contributed by atoms with Crippen LogP contribution in [0.3, 0.4) is 0 Å². The third-order valence-corrected chi connectivity index (χ3v) is 6.63. The highest BCUT2D eigenvalue weighted by Gasteiger charge is 2.30. The summed E-state index contributed by atoms with van der Waals surface area (Å²) in [6, 6.07) is 8.13. The Morgan fingerprint density at radius 2 is 1.94 bits per heavy atom. The number of Topliss-reactive ketones (excluding diaryl/α,β-unsaturated/α-hetero) is 1. The van der Waals surface area contributed by atoms with Gasteiger partial charge in [-0.15, -0.1) is 5.10 Å². The highest BCUT2D eigenvalue weighted by molar-refractivity contribution is 5.94. The van der Waals surface area contributed by atoms with E-state index in [1.54, 1.807) is 6.92 Å². The van der Waals surface area contributed by atoms with E-state index in [0.29, 0.717) is 17.9 Å². The van der Waals surface area contributed by atoms with Gasteiger partial charge in [-0.25, -0.2) is 0 Å². The number of anilines is 2. The second kappa shape index (κ2) is 10.1. The normalized spacial score (nSPS) is 18.6. The Hall–Kier alpha value is -3.00. The van der Waals surface area contributed by atoms with E-state index in [0.717, 1.165) is 41.4 Å². The number of nitrogens with zero attached hydrogens (tertiary/aromatic N) is 4. The maximum atomic E-state index is 11.8. The van der Waals surface area contributed by atoms with Crippen LogP contribution in [-0.2, 0) is 6.54 Å². The van der Waals surface area contributed by atoms with Gasteiger partial charge in [0.25, 0.3) is 0 Å². The molecule has 182 valence electrons. The van der Waals surface area contributed by atoms with Gasteiger partial charge in [-0.05, 0) is 51.2 Å². The summed E-state index contributed by atoms with van der Waals surface area (Å²) in [6.45, 7) is 10.7. The number of carbonyl (C=O) groups excluding carboxylic acids is 1. The maximum Gasteiger partial charge on any atom is 0.205 e. The lowest BCUT2D eigenvalue weighted by molar-refractivity contribution is 0.101. The quantitative estimate of drug-likeness (QED) is 0.404. The number of rotatable bonds is 8. The van der Waals surface area contributed by atoms with E-state index in [4.69, 9.17) is 10.7 Å². The summed E-state index contributed by atoms with van der Waals surface area (Å²) in [5.74, 6) is 1.76. The number of nitrogens with two attached hydrogens (primary N) is 1. The average molecular weight is 464 g/mol. The second-order valence-electron chi connectivity index (χ2n) is 9.99. The maximum absolute atomic E-state index is 11.8. The molecule has 4 rings (SSSR count). The van der Waals surface area contributed by atoms with E-state index in [2.05, 4.69) is 53.1 Å². The van der Waals surface area contributed by atoms with Gasteiger partial charge in [0.1, 0.15) is 0 Å². The van der Waals surface area contributed by atoms with Crippen LogP contribution >= 0.6 is 0 Å². The summed E-state index contributed by atoms with van der Waals surface area (Å²) < 4.78 is 2.22. The zero-order valence-electron chi connectivity index (χ0n) is 20.9. The number of carbonyl (C=O) groups is 1. The molecule has 1 aliphatic carbocycles. The third-order valence-electron chi connectivity index (χ3n) is 6.63. The molecule has 0 radical (unpaired) electrons. The van der Waals surface area contributed by atoms with E-state index in [1.165, 1.54) is 12.8 Å². The molecular formula is C26H37N7O. The number of aromatic nitrogens is 4. The summed E-state index contributed by atoms with van der Waals surface area (Å²) >= 11 is 0. The Bertz CT molecular complexity index is 1120. The molecule has 8 nitrogen and oxygen atoms in total. The molecule has 2 unspecified atom stereocenters. The van der Waals surface area contributed by atoms with Crippen LogP contribution in [0.15, 0.2) is 24.3 Å². The van der Waals surface area contributed by atoms with E-state index in [-0.39, 0.29) is 29.8 Å². The number of ketones is 1.